The van der Waals surface area contributed by atoms with Crippen LogP contribution in [0.25, 0.3) is 45.2 Å². The quantitative estimate of drug-likeness (QED) is 0.336. The van der Waals surface area contributed by atoms with Crippen LogP contribution in [0.4, 0.5) is 0 Å². The summed E-state index contributed by atoms with van der Waals surface area (Å²) in [5, 5.41) is 35.2. The summed E-state index contributed by atoms with van der Waals surface area (Å²) in [6.45, 7) is 1.99. The Bertz CT molecular complexity index is 1850. The summed E-state index contributed by atoms with van der Waals surface area (Å²) in [6, 6.07) is 23.4. The third-order valence-corrected chi connectivity index (χ3v) is 7.13. The van der Waals surface area contributed by atoms with Crippen LogP contribution in [0.1, 0.15) is 19.2 Å². The fraction of sp³-hybridized carbons (Fsp3) is 0.129. The molecule has 1 aliphatic carbocycles. The lowest BCUT2D eigenvalue weighted by atomic mass is 9.85. The van der Waals surface area contributed by atoms with E-state index in [1.165, 1.54) is 12.1 Å². The Hall–Kier alpha value is -4.75. The Morgan fingerprint density at radius 1 is 0.763 bits per heavy atom. The van der Waals surface area contributed by atoms with Crippen LogP contribution in [0.3, 0.4) is 0 Å². The van der Waals surface area contributed by atoms with Gasteiger partial charge in [0, 0.05) is 18.7 Å². The zero-order chi connectivity index (χ0) is 26.4. The molecule has 0 radical (unpaired) electrons. The number of fused-ring (bicyclic) bond motifs is 2. The van der Waals surface area contributed by atoms with E-state index in [4.69, 9.17) is 19.7 Å². The van der Waals surface area contributed by atoms with Gasteiger partial charge in [0.2, 0.25) is 0 Å². The van der Waals surface area contributed by atoms with Crippen LogP contribution in [0.15, 0.2) is 78.9 Å². The summed E-state index contributed by atoms with van der Waals surface area (Å²) in [6.07, 6.45) is 2.74. The number of benzene rings is 4. The summed E-state index contributed by atoms with van der Waals surface area (Å²) in [7, 11) is 1.66. The molecule has 0 saturated heterocycles. The third-order valence-electron chi connectivity index (χ3n) is 7.13. The molecule has 6 rings (SSSR count). The molecule has 3 N–H and O–H groups in total. The van der Waals surface area contributed by atoms with E-state index >= 15 is 0 Å². The molecule has 7 heteroatoms. The molecule has 38 heavy (non-hydrogen) atoms. The second-order valence-corrected chi connectivity index (χ2v) is 9.49. The predicted octanol–water partition coefficient (Wildman–Crippen LogP) is 4.26. The van der Waals surface area contributed by atoms with Crippen molar-refractivity contribution in [3.05, 3.63) is 95.1 Å². The molecule has 0 saturated carbocycles. The number of aromatic nitrogens is 3. The van der Waals surface area contributed by atoms with Crippen LogP contribution < -0.4 is 10.4 Å². The Morgan fingerprint density at radius 2 is 1.50 bits per heavy atom. The molecule has 1 unspecified atom stereocenters. The Kier molecular flexibility index (Phi) is 5.58. The molecule has 0 amide bonds. The number of aromatic hydroxyl groups is 3. The smallest absolute Gasteiger partial charge is 0.168 e. The number of ether oxygens (including phenoxy) is 1. The van der Waals surface area contributed by atoms with Crippen molar-refractivity contribution in [3.8, 4) is 40.0 Å². The molecule has 1 aliphatic rings. The average molecular weight is 504 g/mol. The highest BCUT2D eigenvalue weighted by Gasteiger charge is 2.34. The number of rotatable bonds is 4. The Labute approximate surface area is 218 Å². The van der Waals surface area contributed by atoms with E-state index in [0.29, 0.717) is 23.4 Å². The second kappa shape index (κ2) is 8.97. The summed E-state index contributed by atoms with van der Waals surface area (Å²) >= 11 is 0. The van der Waals surface area contributed by atoms with E-state index in [0.717, 1.165) is 26.8 Å². The maximum Gasteiger partial charge on any atom is 0.168 e. The number of hydrogen-bond donors (Lipinski definition) is 3. The largest absolute Gasteiger partial charge is 0.508 e. The van der Waals surface area contributed by atoms with Crippen molar-refractivity contribution in [3.63, 3.8) is 0 Å². The van der Waals surface area contributed by atoms with Gasteiger partial charge in [-0.3, -0.25) is 0 Å². The van der Waals surface area contributed by atoms with Gasteiger partial charge in [0.1, 0.15) is 17.2 Å². The number of phenols is 3. The molecular weight excluding hydrogens is 478 g/mol. The Balaban J connectivity index is 1.74. The average Bonchev–Trinajstić information content (AvgIpc) is 2.92. The van der Waals surface area contributed by atoms with Gasteiger partial charge in [-0.25, -0.2) is 15.0 Å². The van der Waals surface area contributed by atoms with Crippen molar-refractivity contribution in [1.29, 1.82) is 0 Å². The molecule has 0 bridgehead atoms. The number of methoxy groups -OCH3 is 1. The molecule has 188 valence electrons. The lowest BCUT2D eigenvalue weighted by Gasteiger charge is -2.32. The third kappa shape index (κ3) is 3.84. The van der Waals surface area contributed by atoms with Crippen LogP contribution >= 0.6 is 0 Å². The van der Waals surface area contributed by atoms with Gasteiger partial charge in [-0.1, -0.05) is 60.7 Å². The standard InChI is InChI=1S/C31H25N3O4/c1-31(38-2)16-15-19-8-4-6-10-22(19)27(31)30-33-28(23-13-12-20(35)17-25(23)37)32-29(34-30)26-21-9-5-3-7-18(21)11-14-24(26)36/h3-15,17,35-37H,16H2,1-2H3. The Morgan fingerprint density at radius 3 is 2.32 bits per heavy atom. The van der Waals surface area contributed by atoms with Gasteiger partial charge < -0.3 is 20.1 Å². The lowest BCUT2D eigenvalue weighted by Crippen LogP contribution is -2.43. The SMILES string of the molecule is COC1(C)CC=c2ccccc2=C1c1nc(-c2ccc(O)cc2O)nc(-c2c(O)ccc3ccccc23)n1. The zero-order valence-electron chi connectivity index (χ0n) is 20.9. The summed E-state index contributed by atoms with van der Waals surface area (Å²) in [5.74, 6) is 0.601. The van der Waals surface area contributed by atoms with Crippen LogP contribution in [0.5, 0.6) is 17.2 Å². The monoisotopic (exact) mass is 503 g/mol. The summed E-state index contributed by atoms with van der Waals surface area (Å²) in [5.41, 5.74) is 0.827. The molecule has 1 aromatic heterocycles. The van der Waals surface area contributed by atoms with Gasteiger partial charge in [-0.2, -0.15) is 0 Å². The molecule has 4 aromatic carbocycles. The lowest BCUT2D eigenvalue weighted by molar-refractivity contribution is 0.0615. The van der Waals surface area contributed by atoms with Gasteiger partial charge in [-0.15, -0.1) is 0 Å². The number of nitrogens with zero attached hydrogens (tertiary/aromatic N) is 3. The van der Waals surface area contributed by atoms with Gasteiger partial charge in [-0.05, 0) is 52.8 Å². The molecule has 7 nitrogen and oxygen atoms in total. The molecule has 5 aromatic rings. The zero-order valence-corrected chi connectivity index (χ0v) is 20.9. The molecule has 0 fully saturated rings. The van der Waals surface area contributed by atoms with E-state index in [-0.39, 0.29) is 28.9 Å². The molecule has 1 atom stereocenters. The minimum Gasteiger partial charge on any atom is -0.508 e. The predicted molar refractivity (Wildman–Crippen MR) is 146 cm³/mol. The van der Waals surface area contributed by atoms with Crippen LogP contribution in [-0.2, 0) is 4.74 Å². The molecule has 1 heterocycles. The normalized spacial score (nSPS) is 16.7. The van der Waals surface area contributed by atoms with Gasteiger partial charge in [0.05, 0.1) is 16.7 Å². The van der Waals surface area contributed by atoms with E-state index < -0.39 is 5.60 Å². The first-order valence-corrected chi connectivity index (χ1v) is 12.2. The van der Waals surface area contributed by atoms with Crippen molar-refractivity contribution in [2.75, 3.05) is 7.11 Å². The second-order valence-electron chi connectivity index (χ2n) is 9.49. The number of hydrogen-bond acceptors (Lipinski definition) is 7. The van der Waals surface area contributed by atoms with Gasteiger partial charge >= 0.3 is 0 Å². The maximum absolute atomic E-state index is 11.0. The topological polar surface area (TPSA) is 109 Å². The van der Waals surface area contributed by atoms with Gasteiger partial charge in [0.15, 0.2) is 17.5 Å². The first kappa shape index (κ1) is 23.6. The summed E-state index contributed by atoms with van der Waals surface area (Å²) in [4.78, 5) is 14.4. The van der Waals surface area contributed by atoms with Crippen molar-refractivity contribution in [2.24, 2.45) is 0 Å². The van der Waals surface area contributed by atoms with Crippen LogP contribution in [0, 0.1) is 0 Å². The minimum atomic E-state index is -0.734. The van der Waals surface area contributed by atoms with Crippen LogP contribution in [-0.4, -0.2) is 43.0 Å². The minimum absolute atomic E-state index is 0.0265. The summed E-state index contributed by atoms with van der Waals surface area (Å²) < 4.78 is 6.03. The maximum atomic E-state index is 11.0. The fourth-order valence-electron chi connectivity index (χ4n) is 5.06. The van der Waals surface area contributed by atoms with Crippen molar-refractivity contribution >= 4 is 22.4 Å². The van der Waals surface area contributed by atoms with Gasteiger partial charge in [0.25, 0.3) is 0 Å². The fourth-order valence-corrected chi connectivity index (χ4v) is 5.06. The van der Waals surface area contributed by atoms with E-state index in [9.17, 15) is 15.3 Å². The van der Waals surface area contributed by atoms with E-state index in [1.807, 2.05) is 61.5 Å². The van der Waals surface area contributed by atoms with E-state index in [1.54, 1.807) is 19.2 Å². The highest BCUT2D eigenvalue weighted by molar-refractivity contribution is 5.98. The van der Waals surface area contributed by atoms with Crippen molar-refractivity contribution < 1.29 is 20.1 Å². The molecule has 0 aliphatic heterocycles. The molecule has 0 spiro atoms. The van der Waals surface area contributed by atoms with Crippen molar-refractivity contribution in [1.82, 2.24) is 15.0 Å². The first-order chi connectivity index (χ1) is 18.4. The van der Waals surface area contributed by atoms with Crippen LogP contribution in [0.2, 0.25) is 0 Å². The van der Waals surface area contributed by atoms with E-state index in [2.05, 4.69) is 6.08 Å². The first-order valence-electron chi connectivity index (χ1n) is 12.2. The molecular formula is C31H25N3O4. The number of phenolic OH excluding ortho intramolecular Hbond substituents is 3. The highest BCUT2D eigenvalue weighted by atomic mass is 16.5. The highest BCUT2D eigenvalue weighted by Crippen LogP contribution is 2.38. The van der Waals surface area contributed by atoms with Crippen molar-refractivity contribution in [2.45, 2.75) is 18.9 Å².